The van der Waals surface area contributed by atoms with Gasteiger partial charge in [0, 0.05) is 23.4 Å². The predicted molar refractivity (Wildman–Crippen MR) is 112 cm³/mol. The van der Waals surface area contributed by atoms with Gasteiger partial charge in [-0.15, -0.1) is 0 Å². The van der Waals surface area contributed by atoms with Crippen molar-refractivity contribution in [1.82, 2.24) is 0 Å². The summed E-state index contributed by atoms with van der Waals surface area (Å²) < 4.78 is 15.9. The molecule has 0 radical (unpaired) electrons. The first kappa shape index (κ1) is 18.4. The minimum Gasteiger partial charge on any atom is -0.342 e. The van der Waals surface area contributed by atoms with Gasteiger partial charge in [-0.3, -0.25) is 0 Å². The van der Waals surface area contributed by atoms with Gasteiger partial charge in [-0.2, -0.15) is 0 Å². The van der Waals surface area contributed by atoms with Gasteiger partial charge >= 0.3 is 0 Å². The van der Waals surface area contributed by atoms with Crippen molar-refractivity contribution in [1.29, 1.82) is 0 Å². The van der Waals surface area contributed by atoms with Crippen molar-refractivity contribution >= 4 is 16.8 Å². The van der Waals surface area contributed by atoms with Gasteiger partial charge in [0.2, 0.25) is 0 Å². The normalized spacial score (nSPS) is 17.0. The van der Waals surface area contributed by atoms with Gasteiger partial charge in [-0.1, -0.05) is 36.5 Å². The van der Waals surface area contributed by atoms with Crippen molar-refractivity contribution in [2.24, 2.45) is 0 Å². The summed E-state index contributed by atoms with van der Waals surface area (Å²) in [6.07, 6.45) is 8.28. The highest BCUT2D eigenvalue weighted by molar-refractivity contribution is 5.92. The summed E-state index contributed by atoms with van der Waals surface area (Å²) in [5, 5.41) is 0. The molecule has 0 amide bonds. The third kappa shape index (κ3) is 3.33. The van der Waals surface area contributed by atoms with E-state index in [9.17, 15) is 0 Å². The highest BCUT2D eigenvalue weighted by Gasteiger charge is 2.35. The van der Waals surface area contributed by atoms with Crippen molar-refractivity contribution in [3.05, 3.63) is 76.8 Å². The number of aryl methyl sites for hydroxylation is 1. The minimum atomic E-state index is -0.151. The number of hydrogen-bond acceptors (Lipinski definition) is 1. The molecule has 2 heteroatoms. The number of hydrogen-bond donors (Lipinski definition) is 0. The zero-order chi connectivity index (χ0) is 19.2. The maximum atomic E-state index is 15.9. The molecular weight excluding hydrogens is 321 g/mol. The van der Waals surface area contributed by atoms with Crippen LogP contribution in [-0.4, -0.2) is 6.04 Å². The molecule has 0 atom stereocenters. The van der Waals surface area contributed by atoms with Crippen LogP contribution in [0.15, 0.2) is 54.3 Å². The molecule has 1 fully saturated rings. The second-order valence-corrected chi connectivity index (χ2v) is 7.88. The zero-order valence-corrected chi connectivity index (χ0v) is 16.5. The van der Waals surface area contributed by atoms with Crippen LogP contribution in [0.3, 0.4) is 0 Å². The number of fused-ring (bicyclic) bond motifs is 1. The van der Waals surface area contributed by atoms with Crippen LogP contribution in [0.2, 0.25) is 0 Å². The number of halogens is 1. The fourth-order valence-electron chi connectivity index (χ4n) is 3.57. The van der Waals surface area contributed by atoms with Crippen LogP contribution < -0.4 is 4.90 Å². The Hall–Kier alpha value is -2.35. The van der Waals surface area contributed by atoms with Crippen LogP contribution in [0.4, 0.5) is 10.1 Å². The topological polar surface area (TPSA) is 3.24 Å². The maximum Gasteiger partial charge on any atom is 0.155 e. The number of benzene rings is 1. The molecule has 136 valence electrons. The Morgan fingerprint density at radius 3 is 2.38 bits per heavy atom. The van der Waals surface area contributed by atoms with E-state index in [0.717, 1.165) is 51.8 Å². The van der Waals surface area contributed by atoms with Gasteiger partial charge in [0.05, 0.1) is 5.69 Å². The minimum absolute atomic E-state index is 0.151. The molecule has 1 aromatic carbocycles. The first-order valence-electron chi connectivity index (χ1n) is 9.22. The fraction of sp³-hybridized carbons (Fsp3) is 0.333. The van der Waals surface area contributed by atoms with E-state index < -0.39 is 0 Å². The molecule has 1 nitrogen and oxygen atoms in total. The molecule has 3 rings (SSSR count). The third-order valence-electron chi connectivity index (χ3n) is 4.90. The van der Waals surface area contributed by atoms with Crippen LogP contribution in [0.25, 0.3) is 11.1 Å². The van der Waals surface area contributed by atoms with Gasteiger partial charge in [0.25, 0.3) is 0 Å². The summed E-state index contributed by atoms with van der Waals surface area (Å²) in [6.45, 7) is 18.2. The lowest BCUT2D eigenvalue weighted by Crippen LogP contribution is -2.25. The summed E-state index contributed by atoms with van der Waals surface area (Å²) in [7, 11) is 0. The quantitative estimate of drug-likeness (QED) is 0.531. The van der Waals surface area contributed by atoms with Crippen LogP contribution in [0, 0.1) is 12.7 Å². The van der Waals surface area contributed by atoms with Crippen molar-refractivity contribution in [2.45, 2.75) is 53.5 Å². The van der Waals surface area contributed by atoms with Crippen LogP contribution in [-0.2, 0) is 0 Å². The summed E-state index contributed by atoms with van der Waals surface area (Å²) >= 11 is 0. The Morgan fingerprint density at radius 1 is 1.19 bits per heavy atom. The average molecular weight is 349 g/mol. The van der Waals surface area contributed by atoms with E-state index in [0.29, 0.717) is 17.3 Å². The lowest BCUT2D eigenvalue weighted by atomic mass is 9.88. The molecule has 26 heavy (non-hydrogen) atoms. The first-order chi connectivity index (χ1) is 12.2. The number of rotatable bonds is 4. The highest BCUT2D eigenvalue weighted by Crippen LogP contribution is 2.46. The first-order valence-corrected chi connectivity index (χ1v) is 9.22. The van der Waals surface area contributed by atoms with Gasteiger partial charge < -0.3 is 4.90 Å². The van der Waals surface area contributed by atoms with E-state index >= 15 is 4.39 Å². The Morgan fingerprint density at radius 2 is 1.85 bits per heavy atom. The van der Waals surface area contributed by atoms with Gasteiger partial charge in [0.15, 0.2) is 5.82 Å². The van der Waals surface area contributed by atoms with Crippen LogP contribution >= 0.6 is 0 Å². The Kier molecular flexibility index (Phi) is 4.79. The number of nitrogens with zero attached hydrogens (tertiary/aromatic N) is 1. The SMILES string of the molecule is C=C(C)/C=C(\C=C(C)C)c1c(C)cc2c(c1F)N(C1CC1)C=C(C)C2=C. The highest BCUT2D eigenvalue weighted by atomic mass is 19.1. The van der Waals surface area contributed by atoms with E-state index in [4.69, 9.17) is 0 Å². The molecule has 0 unspecified atom stereocenters. The Labute approximate surface area is 156 Å². The number of allylic oxidation sites excluding steroid dienone is 7. The second kappa shape index (κ2) is 6.75. The second-order valence-electron chi connectivity index (χ2n) is 7.88. The van der Waals surface area contributed by atoms with Crippen molar-refractivity contribution in [3.8, 4) is 0 Å². The monoisotopic (exact) mass is 349 g/mol. The molecule has 1 aromatic rings. The summed E-state index contributed by atoms with van der Waals surface area (Å²) in [4.78, 5) is 2.12. The molecule has 1 heterocycles. The lowest BCUT2D eigenvalue weighted by Gasteiger charge is -2.32. The van der Waals surface area contributed by atoms with Crippen molar-refractivity contribution in [3.63, 3.8) is 0 Å². The largest absolute Gasteiger partial charge is 0.342 e. The molecule has 1 aliphatic heterocycles. The van der Waals surface area contributed by atoms with Gasteiger partial charge in [-0.05, 0) is 75.8 Å². The number of anilines is 1. The average Bonchev–Trinajstić information content (AvgIpc) is 3.34. The lowest BCUT2D eigenvalue weighted by molar-refractivity contribution is 0.618. The summed E-state index contributed by atoms with van der Waals surface area (Å²) in [5.41, 5.74) is 8.14. The Balaban J connectivity index is 2.28. The smallest absolute Gasteiger partial charge is 0.155 e. The molecule has 1 aliphatic carbocycles. The molecular formula is C24H28FN. The maximum absolute atomic E-state index is 15.9. The van der Waals surface area contributed by atoms with Crippen LogP contribution in [0.1, 0.15) is 57.2 Å². The molecule has 0 aromatic heterocycles. The third-order valence-corrected chi connectivity index (χ3v) is 4.90. The summed E-state index contributed by atoms with van der Waals surface area (Å²) in [5.74, 6) is -0.151. The molecule has 0 saturated heterocycles. The fourth-order valence-corrected chi connectivity index (χ4v) is 3.57. The van der Waals surface area contributed by atoms with Crippen molar-refractivity contribution < 1.29 is 4.39 Å². The van der Waals surface area contributed by atoms with Crippen molar-refractivity contribution in [2.75, 3.05) is 4.90 Å². The molecule has 0 bridgehead atoms. The van der Waals surface area contributed by atoms with Gasteiger partial charge in [-0.25, -0.2) is 4.39 Å². The van der Waals surface area contributed by atoms with E-state index in [1.807, 2.05) is 39.8 Å². The van der Waals surface area contributed by atoms with Gasteiger partial charge in [0.1, 0.15) is 0 Å². The Bertz CT molecular complexity index is 887. The molecule has 0 N–H and O–H groups in total. The van der Waals surface area contributed by atoms with Crippen LogP contribution in [0.5, 0.6) is 0 Å². The van der Waals surface area contributed by atoms with E-state index in [2.05, 4.69) is 37.2 Å². The van der Waals surface area contributed by atoms with E-state index in [-0.39, 0.29) is 5.82 Å². The van der Waals surface area contributed by atoms with E-state index in [1.54, 1.807) is 0 Å². The zero-order valence-electron chi connectivity index (χ0n) is 16.5. The molecule has 2 aliphatic rings. The molecule has 1 saturated carbocycles. The molecule has 0 spiro atoms. The summed E-state index contributed by atoms with van der Waals surface area (Å²) in [6, 6.07) is 2.49. The standard InChI is InChI=1S/C24H28FN/c1-14(2)10-19(11-15(3)4)22-16(5)12-21-18(7)17(6)13-26(20-8-9-20)24(21)23(22)25/h10-13,20H,1,7-9H2,2-6H3/b19-10+. The predicted octanol–water partition coefficient (Wildman–Crippen LogP) is 6.96. The van der Waals surface area contributed by atoms with E-state index in [1.165, 1.54) is 0 Å².